The molecule has 0 atom stereocenters. The van der Waals surface area contributed by atoms with E-state index in [9.17, 15) is 4.79 Å². The molecule has 2 aromatic rings. The van der Waals surface area contributed by atoms with Crippen LogP contribution in [0.15, 0.2) is 53.6 Å². The zero-order valence-electron chi connectivity index (χ0n) is 13.6. The Balaban J connectivity index is 2.01. The van der Waals surface area contributed by atoms with Crippen molar-refractivity contribution in [3.8, 4) is 0 Å². The quantitative estimate of drug-likeness (QED) is 0.673. The fourth-order valence-electron chi connectivity index (χ4n) is 2.12. The minimum atomic E-state index is -0.194. The number of hydrogen-bond donors (Lipinski definition) is 1. The third-order valence-corrected chi connectivity index (χ3v) is 3.55. The smallest absolute Gasteiger partial charge is 0.267 e. The zero-order chi connectivity index (χ0) is 16.2. The molecule has 3 heteroatoms. The maximum atomic E-state index is 12.0. The molecule has 0 unspecified atom stereocenters. The van der Waals surface area contributed by atoms with Crippen LogP contribution < -0.4 is 5.43 Å². The Kier molecular flexibility index (Phi) is 4.76. The monoisotopic (exact) mass is 294 g/mol. The third-order valence-electron chi connectivity index (χ3n) is 3.55. The average molecular weight is 294 g/mol. The van der Waals surface area contributed by atoms with Crippen LogP contribution in [0.1, 0.15) is 47.8 Å². The summed E-state index contributed by atoms with van der Waals surface area (Å²) in [6.45, 7) is 8.44. The largest absolute Gasteiger partial charge is 0.271 e. The van der Waals surface area contributed by atoms with Crippen molar-refractivity contribution in [3.05, 3.63) is 70.8 Å². The summed E-state index contributed by atoms with van der Waals surface area (Å²) < 4.78 is 0. The minimum Gasteiger partial charge on any atom is -0.267 e. The normalized spacial score (nSPS) is 11.6. The van der Waals surface area contributed by atoms with Crippen molar-refractivity contribution in [2.24, 2.45) is 5.10 Å². The molecule has 1 N–H and O–H groups in total. The zero-order valence-corrected chi connectivity index (χ0v) is 13.6. The highest BCUT2D eigenvalue weighted by atomic mass is 16.2. The van der Waals surface area contributed by atoms with Crippen molar-refractivity contribution >= 4 is 12.1 Å². The molecular weight excluding hydrogens is 272 g/mol. The van der Waals surface area contributed by atoms with Crippen LogP contribution in [-0.4, -0.2) is 12.1 Å². The molecule has 0 saturated heterocycles. The van der Waals surface area contributed by atoms with Crippen LogP contribution in [0.25, 0.3) is 0 Å². The number of nitrogens with one attached hydrogen (secondary N) is 1. The second-order valence-electron chi connectivity index (χ2n) is 6.39. The lowest BCUT2D eigenvalue weighted by atomic mass is 9.87. The van der Waals surface area contributed by atoms with Crippen LogP contribution in [0.3, 0.4) is 0 Å². The minimum absolute atomic E-state index is 0.134. The summed E-state index contributed by atoms with van der Waals surface area (Å²) in [6, 6.07) is 15.6. The topological polar surface area (TPSA) is 41.5 Å². The van der Waals surface area contributed by atoms with Gasteiger partial charge in [-0.15, -0.1) is 0 Å². The maximum absolute atomic E-state index is 12.0. The van der Waals surface area contributed by atoms with Crippen LogP contribution in [0.5, 0.6) is 0 Å². The van der Waals surface area contributed by atoms with E-state index in [1.165, 1.54) is 5.56 Å². The van der Waals surface area contributed by atoms with E-state index in [-0.39, 0.29) is 11.3 Å². The first-order valence-corrected chi connectivity index (χ1v) is 7.37. The number of amides is 1. The van der Waals surface area contributed by atoms with E-state index in [1.807, 2.05) is 37.3 Å². The number of rotatable bonds is 3. The van der Waals surface area contributed by atoms with Crippen molar-refractivity contribution in [3.63, 3.8) is 0 Å². The van der Waals surface area contributed by atoms with Crippen molar-refractivity contribution in [1.82, 2.24) is 5.43 Å². The van der Waals surface area contributed by atoms with Gasteiger partial charge in [0.15, 0.2) is 0 Å². The molecule has 0 fully saturated rings. The standard InChI is InChI=1S/C19H22N2O/c1-14-7-5-6-8-17(14)18(22)21-20-13-15-9-11-16(12-10-15)19(2,3)4/h5-13H,1-4H3,(H,21,22). The molecule has 0 radical (unpaired) electrons. The van der Waals surface area contributed by atoms with Gasteiger partial charge in [0.05, 0.1) is 6.21 Å². The molecule has 3 nitrogen and oxygen atoms in total. The molecular formula is C19H22N2O. The van der Waals surface area contributed by atoms with E-state index in [1.54, 1.807) is 12.3 Å². The third kappa shape index (κ3) is 4.04. The molecule has 0 spiro atoms. The van der Waals surface area contributed by atoms with Gasteiger partial charge < -0.3 is 0 Å². The van der Waals surface area contributed by atoms with Crippen LogP contribution >= 0.6 is 0 Å². The van der Waals surface area contributed by atoms with Crippen molar-refractivity contribution in [2.75, 3.05) is 0 Å². The number of hydrogen-bond acceptors (Lipinski definition) is 2. The molecule has 2 rings (SSSR count). The van der Waals surface area contributed by atoms with Gasteiger partial charge in [0.25, 0.3) is 5.91 Å². The second kappa shape index (κ2) is 6.56. The van der Waals surface area contributed by atoms with Crippen LogP contribution in [0.4, 0.5) is 0 Å². The first-order valence-electron chi connectivity index (χ1n) is 7.37. The second-order valence-corrected chi connectivity index (χ2v) is 6.39. The Morgan fingerprint density at radius 1 is 1.05 bits per heavy atom. The van der Waals surface area contributed by atoms with Gasteiger partial charge in [-0.05, 0) is 35.1 Å². The van der Waals surface area contributed by atoms with Gasteiger partial charge in [0, 0.05) is 5.56 Å². The van der Waals surface area contributed by atoms with Gasteiger partial charge in [-0.2, -0.15) is 5.10 Å². The number of carbonyl (C=O) groups excluding carboxylic acids is 1. The summed E-state index contributed by atoms with van der Waals surface area (Å²) in [5.41, 5.74) is 6.50. The lowest BCUT2D eigenvalue weighted by Gasteiger charge is -2.18. The highest BCUT2D eigenvalue weighted by Gasteiger charge is 2.12. The average Bonchev–Trinajstić information content (AvgIpc) is 2.47. The Morgan fingerprint density at radius 3 is 2.27 bits per heavy atom. The molecule has 0 bridgehead atoms. The van der Waals surface area contributed by atoms with Crippen molar-refractivity contribution < 1.29 is 4.79 Å². The molecule has 0 aliphatic rings. The van der Waals surface area contributed by atoms with Crippen molar-refractivity contribution in [2.45, 2.75) is 33.1 Å². The summed E-state index contributed by atoms with van der Waals surface area (Å²) in [5, 5.41) is 4.03. The molecule has 0 aromatic heterocycles. The summed E-state index contributed by atoms with van der Waals surface area (Å²) in [6.07, 6.45) is 1.66. The number of carbonyl (C=O) groups is 1. The fourth-order valence-corrected chi connectivity index (χ4v) is 2.12. The van der Waals surface area contributed by atoms with E-state index in [4.69, 9.17) is 0 Å². The SMILES string of the molecule is Cc1ccccc1C(=O)NN=Cc1ccc(C(C)(C)C)cc1. The molecule has 0 aliphatic carbocycles. The van der Waals surface area contributed by atoms with Crippen LogP contribution in [0, 0.1) is 6.92 Å². The van der Waals surface area contributed by atoms with E-state index in [2.05, 4.69) is 43.4 Å². The summed E-state index contributed by atoms with van der Waals surface area (Å²) in [5.74, 6) is -0.194. The lowest BCUT2D eigenvalue weighted by Crippen LogP contribution is -2.18. The highest BCUT2D eigenvalue weighted by molar-refractivity contribution is 5.96. The van der Waals surface area contributed by atoms with Crippen LogP contribution in [-0.2, 0) is 5.41 Å². The first kappa shape index (κ1) is 16.0. The van der Waals surface area contributed by atoms with Gasteiger partial charge in [-0.25, -0.2) is 5.43 Å². The van der Waals surface area contributed by atoms with E-state index in [0.29, 0.717) is 5.56 Å². The predicted octanol–water partition coefficient (Wildman–Crippen LogP) is 4.06. The summed E-state index contributed by atoms with van der Waals surface area (Å²) in [7, 11) is 0. The van der Waals surface area contributed by atoms with E-state index in [0.717, 1.165) is 11.1 Å². The Hall–Kier alpha value is -2.42. The Labute approximate surface area is 132 Å². The molecule has 0 saturated carbocycles. The van der Waals surface area contributed by atoms with Crippen molar-refractivity contribution in [1.29, 1.82) is 0 Å². The maximum Gasteiger partial charge on any atom is 0.271 e. The molecule has 1 amide bonds. The van der Waals surface area contributed by atoms with E-state index >= 15 is 0 Å². The van der Waals surface area contributed by atoms with Crippen LogP contribution in [0.2, 0.25) is 0 Å². The van der Waals surface area contributed by atoms with Gasteiger partial charge in [-0.1, -0.05) is 63.2 Å². The van der Waals surface area contributed by atoms with E-state index < -0.39 is 0 Å². The fraction of sp³-hybridized carbons (Fsp3) is 0.263. The van der Waals surface area contributed by atoms with Gasteiger partial charge in [0.2, 0.25) is 0 Å². The number of nitrogens with zero attached hydrogens (tertiary/aromatic N) is 1. The number of benzene rings is 2. The van der Waals surface area contributed by atoms with Gasteiger partial charge >= 0.3 is 0 Å². The molecule has 0 aliphatic heterocycles. The number of hydrazone groups is 1. The predicted molar refractivity (Wildman–Crippen MR) is 91.4 cm³/mol. The number of aryl methyl sites for hydroxylation is 1. The lowest BCUT2D eigenvalue weighted by molar-refractivity contribution is 0.0954. The van der Waals surface area contributed by atoms with Gasteiger partial charge in [-0.3, -0.25) is 4.79 Å². The molecule has 114 valence electrons. The Bertz CT molecular complexity index is 679. The highest BCUT2D eigenvalue weighted by Crippen LogP contribution is 2.21. The molecule has 22 heavy (non-hydrogen) atoms. The first-order chi connectivity index (χ1) is 10.4. The molecule has 2 aromatic carbocycles. The molecule has 0 heterocycles. The van der Waals surface area contributed by atoms with Gasteiger partial charge in [0.1, 0.15) is 0 Å². The summed E-state index contributed by atoms with van der Waals surface area (Å²) >= 11 is 0. The Morgan fingerprint density at radius 2 is 1.68 bits per heavy atom. The summed E-state index contributed by atoms with van der Waals surface area (Å²) in [4.78, 5) is 12.0.